The lowest BCUT2D eigenvalue weighted by atomic mass is 10.1. The van der Waals surface area contributed by atoms with Crippen LogP contribution in [0.15, 0.2) is 65.6 Å². The Morgan fingerprint density at radius 3 is 2.07 bits per heavy atom. The van der Waals surface area contributed by atoms with Crippen molar-refractivity contribution < 1.29 is 18.0 Å². The van der Waals surface area contributed by atoms with Crippen LogP contribution in [0.3, 0.4) is 0 Å². The molecule has 0 saturated carbocycles. The summed E-state index contributed by atoms with van der Waals surface area (Å²) >= 11 is 19.3. The van der Waals surface area contributed by atoms with E-state index in [0.29, 0.717) is 32.7 Å². The zero-order chi connectivity index (χ0) is 31.0. The van der Waals surface area contributed by atoms with Gasteiger partial charge in [-0.25, -0.2) is 8.42 Å². The van der Waals surface area contributed by atoms with E-state index in [-0.39, 0.29) is 29.5 Å². The number of sulfonamides is 1. The summed E-state index contributed by atoms with van der Waals surface area (Å²) in [5.74, 6) is -0.937. The Morgan fingerprint density at radius 2 is 1.48 bits per heavy atom. The van der Waals surface area contributed by atoms with Crippen LogP contribution >= 0.6 is 34.8 Å². The predicted octanol–water partition coefficient (Wildman–Crippen LogP) is 7.18. The Bertz CT molecular complexity index is 1490. The lowest BCUT2D eigenvalue weighted by molar-refractivity contribution is -0.140. The van der Waals surface area contributed by atoms with E-state index in [2.05, 4.69) is 5.32 Å². The lowest BCUT2D eigenvalue weighted by Gasteiger charge is -2.34. The molecule has 0 aromatic heterocycles. The molecule has 3 rings (SSSR count). The van der Waals surface area contributed by atoms with Crippen molar-refractivity contribution in [2.75, 3.05) is 17.4 Å². The molecule has 42 heavy (non-hydrogen) atoms. The number of nitrogens with zero attached hydrogens (tertiary/aromatic N) is 2. The van der Waals surface area contributed by atoms with Gasteiger partial charge in [-0.15, -0.1) is 0 Å². The Labute approximate surface area is 263 Å². The molecule has 3 aromatic rings. The van der Waals surface area contributed by atoms with Crippen molar-refractivity contribution in [1.29, 1.82) is 0 Å². The fourth-order valence-electron chi connectivity index (χ4n) is 4.50. The third-order valence-electron chi connectivity index (χ3n) is 7.00. The van der Waals surface area contributed by atoms with E-state index in [9.17, 15) is 18.0 Å². The number of anilines is 1. The number of nitrogens with one attached hydrogen (secondary N) is 1. The van der Waals surface area contributed by atoms with Crippen LogP contribution in [0, 0.1) is 13.8 Å². The van der Waals surface area contributed by atoms with Crippen molar-refractivity contribution in [3.05, 3.63) is 92.4 Å². The van der Waals surface area contributed by atoms with E-state index in [1.54, 1.807) is 62.4 Å². The van der Waals surface area contributed by atoms with Crippen LogP contribution in [-0.4, -0.2) is 44.3 Å². The molecule has 0 aliphatic carbocycles. The van der Waals surface area contributed by atoms with Gasteiger partial charge in [-0.2, -0.15) is 0 Å². The van der Waals surface area contributed by atoms with Crippen molar-refractivity contribution in [3.63, 3.8) is 0 Å². The van der Waals surface area contributed by atoms with Crippen LogP contribution in [0.5, 0.6) is 0 Å². The molecule has 0 bridgehead atoms. The van der Waals surface area contributed by atoms with Crippen LogP contribution in [0.4, 0.5) is 5.69 Å². The first-order valence-corrected chi connectivity index (χ1v) is 16.3. The summed E-state index contributed by atoms with van der Waals surface area (Å²) in [6, 6.07) is 15.4. The van der Waals surface area contributed by atoms with Gasteiger partial charge < -0.3 is 10.2 Å². The molecule has 0 unspecified atom stereocenters. The first-order chi connectivity index (χ1) is 19.9. The van der Waals surface area contributed by atoms with Gasteiger partial charge in [0.15, 0.2) is 0 Å². The molecule has 11 heteroatoms. The molecule has 0 spiro atoms. The molecule has 2 amide bonds. The van der Waals surface area contributed by atoms with Gasteiger partial charge in [0, 0.05) is 33.7 Å². The number of unbranched alkanes of at least 4 members (excludes halogenated alkanes) is 1. The zero-order valence-corrected chi connectivity index (χ0v) is 27.2. The Balaban J connectivity index is 2.12. The second-order valence-electron chi connectivity index (χ2n) is 10.00. The van der Waals surface area contributed by atoms with Crippen LogP contribution in [0.2, 0.25) is 15.1 Å². The highest BCUT2D eigenvalue weighted by molar-refractivity contribution is 7.92. The smallest absolute Gasteiger partial charge is 0.264 e. The maximum Gasteiger partial charge on any atom is 0.264 e. The van der Waals surface area contributed by atoms with Gasteiger partial charge in [0.2, 0.25) is 11.8 Å². The second-order valence-corrected chi connectivity index (χ2v) is 13.1. The topological polar surface area (TPSA) is 86.8 Å². The summed E-state index contributed by atoms with van der Waals surface area (Å²) in [5.41, 5.74) is 2.10. The van der Waals surface area contributed by atoms with Crippen LogP contribution in [-0.2, 0) is 26.2 Å². The molecule has 1 N–H and O–H groups in total. The highest BCUT2D eigenvalue weighted by Gasteiger charge is 2.35. The van der Waals surface area contributed by atoms with Crippen LogP contribution < -0.4 is 9.62 Å². The number of halogens is 3. The van der Waals surface area contributed by atoms with Crippen molar-refractivity contribution in [2.24, 2.45) is 0 Å². The number of amides is 2. The van der Waals surface area contributed by atoms with E-state index in [1.807, 2.05) is 13.8 Å². The molecule has 0 saturated heterocycles. The quantitative estimate of drug-likeness (QED) is 0.198. The molecule has 0 aliphatic heterocycles. The molecule has 0 fully saturated rings. The number of carbonyl (C=O) groups is 2. The van der Waals surface area contributed by atoms with Gasteiger partial charge in [-0.1, -0.05) is 84.9 Å². The summed E-state index contributed by atoms with van der Waals surface area (Å²) in [4.78, 5) is 28.9. The molecule has 0 heterocycles. The van der Waals surface area contributed by atoms with Crippen LogP contribution in [0.25, 0.3) is 0 Å². The van der Waals surface area contributed by atoms with Gasteiger partial charge in [0.25, 0.3) is 10.0 Å². The fraction of sp³-hybridized carbons (Fsp3) is 0.355. The van der Waals surface area contributed by atoms with Crippen molar-refractivity contribution in [2.45, 2.75) is 64.4 Å². The summed E-state index contributed by atoms with van der Waals surface area (Å²) < 4.78 is 29.2. The Morgan fingerprint density at radius 1 is 0.881 bits per heavy atom. The molecule has 3 aromatic carbocycles. The largest absolute Gasteiger partial charge is 0.354 e. The summed E-state index contributed by atoms with van der Waals surface area (Å²) in [7, 11) is -4.22. The Hall–Kier alpha value is -2.78. The molecular weight excluding hydrogens is 617 g/mol. The average molecular weight is 653 g/mol. The van der Waals surface area contributed by atoms with Crippen molar-refractivity contribution in [3.8, 4) is 0 Å². The van der Waals surface area contributed by atoms with Gasteiger partial charge in [0.1, 0.15) is 12.6 Å². The highest BCUT2D eigenvalue weighted by atomic mass is 35.5. The first kappa shape index (κ1) is 33.7. The van der Waals surface area contributed by atoms with E-state index in [1.165, 1.54) is 17.0 Å². The van der Waals surface area contributed by atoms with Gasteiger partial charge in [-0.3, -0.25) is 13.9 Å². The molecule has 226 valence electrons. The first-order valence-electron chi connectivity index (χ1n) is 13.8. The minimum Gasteiger partial charge on any atom is -0.354 e. The normalized spacial score (nSPS) is 12.1. The second kappa shape index (κ2) is 15.1. The van der Waals surface area contributed by atoms with E-state index in [0.717, 1.165) is 22.7 Å². The number of rotatable bonds is 13. The monoisotopic (exact) mass is 651 g/mol. The van der Waals surface area contributed by atoms with Crippen molar-refractivity contribution in [1.82, 2.24) is 10.2 Å². The third-order valence-corrected chi connectivity index (χ3v) is 9.89. The standard InChI is InChI=1S/C31H36Cl3N3O4S/c1-5-7-18-35-31(39)28(6-2)36(19-24-26(33)11-8-12-27(24)34)30(38)20-37(29-13-9-10-25(32)22(29)4)42(40,41)23-16-14-21(3)15-17-23/h8-17,28H,5-7,18-20H2,1-4H3,(H,35,39)/t28-/m1/s1. The molecule has 1 atom stereocenters. The molecular formula is C31H36Cl3N3O4S. The molecule has 0 radical (unpaired) electrons. The number of hydrogen-bond donors (Lipinski definition) is 1. The number of carbonyl (C=O) groups excluding carboxylic acids is 2. The third kappa shape index (κ3) is 7.98. The van der Waals surface area contributed by atoms with Gasteiger partial charge in [-0.05, 0) is 68.7 Å². The molecule has 7 nitrogen and oxygen atoms in total. The van der Waals surface area contributed by atoms with Crippen molar-refractivity contribution >= 4 is 62.3 Å². The lowest BCUT2D eigenvalue weighted by Crippen LogP contribution is -2.52. The van der Waals surface area contributed by atoms with E-state index >= 15 is 0 Å². The maximum absolute atomic E-state index is 14.2. The number of hydrogen-bond acceptors (Lipinski definition) is 4. The summed E-state index contributed by atoms with van der Waals surface area (Å²) in [6.07, 6.45) is 1.95. The summed E-state index contributed by atoms with van der Waals surface area (Å²) in [5, 5.41) is 3.91. The summed E-state index contributed by atoms with van der Waals surface area (Å²) in [6.45, 7) is 7.13. The minimum atomic E-state index is -4.22. The number of benzene rings is 3. The van der Waals surface area contributed by atoms with Gasteiger partial charge >= 0.3 is 0 Å². The number of aryl methyl sites for hydroxylation is 1. The maximum atomic E-state index is 14.2. The average Bonchev–Trinajstić information content (AvgIpc) is 2.95. The van der Waals surface area contributed by atoms with Crippen LogP contribution in [0.1, 0.15) is 49.8 Å². The van der Waals surface area contributed by atoms with Gasteiger partial charge in [0.05, 0.1) is 10.6 Å². The fourth-order valence-corrected chi connectivity index (χ4v) is 6.65. The zero-order valence-electron chi connectivity index (χ0n) is 24.2. The van der Waals surface area contributed by atoms with E-state index < -0.39 is 28.5 Å². The predicted molar refractivity (Wildman–Crippen MR) is 171 cm³/mol. The Kier molecular flexibility index (Phi) is 12.1. The molecule has 0 aliphatic rings. The SMILES string of the molecule is CCCCNC(=O)[C@@H](CC)N(Cc1c(Cl)cccc1Cl)C(=O)CN(c1cccc(Cl)c1C)S(=O)(=O)c1ccc(C)cc1. The highest BCUT2D eigenvalue weighted by Crippen LogP contribution is 2.32. The van der Waals surface area contributed by atoms with E-state index in [4.69, 9.17) is 34.8 Å². The minimum absolute atomic E-state index is 0.0188.